The molecule has 0 spiro atoms. The number of para-hydroxylation sites is 1. The number of ether oxygens (including phenoxy) is 2. The monoisotopic (exact) mass is 331 g/mol. The molecule has 0 saturated carbocycles. The summed E-state index contributed by atoms with van der Waals surface area (Å²) < 4.78 is 15.0. The summed E-state index contributed by atoms with van der Waals surface area (Å²) in [5.41, 5.74) is -0.590. The SMILES string of the molecule is CCOC(=O)c1cc(NC(=O)c2ccccc2OC)c(=O)oc1C. The standard InChI is InChI=1S/C17H17NO6/c1-4-23-16(20)12-9-13(17(21)24-10(12)2)18-15(19)11-7-5-6-8-14(11)22-3/h5-9H,4H2,1-3H3,(H,18,19). The van der Waals surface area contributed by atoms with Gasteiger partial charge in [0.2, 0.25) is 0 Å². The Kier molecular flexibility index (Phi) is 5.36. The Morgan fingerprint density at radius 2 is 1.92 bits per heavy atom. The van der Waals surface area contributed by atoms with Crippen LogP contribution in [0.5, 0.6) is 5.75 Å². The molecule has 0 fully saturated rings. The van der Waals surface area contributed by atoms with E-state index in [-0.39, 0.29) is 29.2 Å². The van der Waals surface area contributed by atoms with Gasteiger partial charge in [0.15, 0.2) is 0 Å². The van der Waals surface area contributed by atoms with Crippen LogP contribution in [0.4, 0.5) is 5.69 Å². The lowest BCUT2D eigenvalue weighted by molar-refractivity contribution is 0.0521. The lowest BCUT2D eigenvalue weighted by atomic mass is 10.1. The van der Waals surface area contributed by atoms with Gasteiger partial charge in [0.25, 0.3) is 5.91 Å². The number of aryl methyl sites for hydroxylation is 1. The van der Waals surface area contributed by atoms with Crippen molar-refractivity contribution in [3.05, 3.63) is 57.6 Å². The van der Waals surface area contributed by atoms with Crippen LogP contribution in [-0.4, -0.2) is 25.6 Å². The van der Waals surface area contributed by atoms with Gasteiger partial charge >= 0.3 is 11.6 Å². The molecule has 0 radical (unpaired) electrons. The molecule has 0 aliphatic heterocycles. The van der Waals surface area contributed by atoms with E-state index in [1.807, 2.05) is 0 Å². The molecule has 0 aliphatic rings. The van der Waals surface area contributed by atoms with E-state index in [1.165, 1.54) is 20.1 Å². The number of rotatable bonds is 5. The third-order valence-electron chi connectivity index (χ3n) is 3.23. The zero-order valence-electron chi connectivity index (χ0n) is 13.5. The molecule has 7 nitrogen and oxygen atoms in total. The van der Waals surface area contributed by atoms with Gasteiger partial charge in [0, 0.05) is 0 Å². The largest absolute Gasteiger partial charge is 0.496 e. The van der Waals surface area contributed by atoms with Gasteiger partial charge in [0.1, 0.15) is 22.8 Å². The second-order valence-electron chi connectivity index (χ2n) is 4.79. The van der Waals surface area contributed by atoms with Crippen molar-refractivity contribution in [2.24, 2.45) is 0 Å². The highest BCUT2D eigenvalue weighted by molar-refractivity contribution is 6.06. The van der Waals surface area contributed by atoms with Crippen molar-refractivity contribution in [3.63, 3.8) is 0 Å². The van der Waals surface area contributed by atoms with Gasteiger partial charge in [-0.15, -0.1) is 0 Å². The third-order valence-corrected chi connectivity index (χ3v) is 3.23. The van der Waals surface area contributed by atoms with Crippen LogP contribution in [0, 0.1) is 6.92 Å². The number of anilines is 1. The van der Waals surface area contributed by atoms with Crippen LogP contribution in [0.15, 0.2) is 39.5 Å². The Morgan fingerprint density at radius 3 is 2.58 bits per heavy atom. The number of benzene rings is 1. The first kappa shape index (κ1) is 17.3. The average Bonchev–Trinajstić information content (AvgIpc) is 2.57. The zero-order valence-corrected chi connectivity index (χ0v) is 13.5. The Balaban J connectivity index is 2.35. The maximum absolute atomic E-state index is 12.3. The fourth-order valence-electron chi connectivity index (χ4n) is 2.07. The summed E-state index contributed by atoms with van der Waals surface area (Å²) in [6, 6.07) is 7.80. The number of methoxy groups -OCH3 is 1. The summed E-state index contributed by atoms with van der Waals surface area (Å²) in [6.45, 7) is 3.32. The second kappa shape index (κ2) is 7.45. The van der Waals surface area contributed by atoms with E-state index in [2.05, 4.69) is 5.32 Å². The van der Waals surface area contributed by atoms with Crippen molar-refractivity contribution in [3.8, 4) is 5.75 Å². The molecule has 1 amide bonds. The minimum absolute atomic E-state index is 0.0757. The predicted molar refractivity (Wildman–Crippen MR) is 86.6 cm³/mol. The number of hydrogen-bond acceptors (Lipinski definition) is 6. The minimum Gasteiger partial charge on any atom is -0.496 e. The van der Waals surface area contributed by atoms with Crippen LogP contribution in [0.2, 0.25) is 0 Å². The van der Waals surface area contributed by atoms with Crippen molar-refractivity contribution in [1.82, 2.24) is 0 Å². The van der Waals surface area contributed by atoms with Crippen LogP contribution in [0.3, 0.4) is 0 Å². The smallest absolute Gasteiger partial charge is 0.359 e. The fraction of sp³-hybridized carbons (Fsp3) is 0.235. The Labute approximate surface area is 138 Å². The Morgan fingerprint density at radius 1 is 1.21 bits per heavy atom. The minimum atomic E-state index is -0.760. The topological polar surface area (TPSA) is 94.8 Å². The van der Waals surface area contributed by atoms with E-state index in [0.717, 1.165) is 0 Å². The molecule has 0 unspecified atom stereocenters. The average molecular weight is 331 g/mol. The molecule has 0 atom stereocenters. The first-order chi connectivity index (χ1) is 11.5. The number of carbonyl (C=O) groups is 2. The molecule has 24 heavy (non-hydrogen) atoms. The molecule has 2 rings (SSSR count). The van der Waals surface area contributed by atoms with Crippen molar-refractivity contribution < 1.29 is 23.5 Å². The number of amides is 1. The van der Waals surface area contributed by atoms with E-state index in [4.69, 9.17) is 13.9 Å². The predicted octanol–water partition coefficient (Wildman–Crippen LogP) is 2.39. The number of esters is 1. The van der Waals surface area contributed by atoms with Crippen LogP contribution >= 0.6 is 0 Å². The summed E-state index contributed by atoms with van der Waals surface area (Å²) in [4.78, 5) is 36.1. The van der Waals surface area contributed by atoms with Crippen molar-refractivity contribution in [2.75, 3.05) is 19.0 Å². The molecule has 0 saturated heterocycles. The lowest BCUT2D eigenvalue weighted by Gasteiger charge is -2.10. The van der Waals surface area contributed by atoms with Crippen molar-refractivity contribution in [1.29, 1.82) is 0 Å². The van der Waals surface area contributed by atoms with Crippen LogP contribution in [0.25, 0.3) is 0 Å². The van der Waals surface area contributed by atoms with E-state index in [0.29, 0.717) is 5.75 Å². The molecule has 2 aromatic rings. The maximum atomic E-state index is 12.3. The van der Waals surface area contributed by atoms with Crippen molar-refractivity contribution >= 4 is 17.6 Å². The van der Waals surface area contributed by atoms with Gasteiger partial charge in [-0.05, 0) is 32.0 Å². The lowest BCUT2D eigenvalue weighted by Crippen LogP contribution is -2.20. The Bertz CT molecular complexity index is 824. The normalized spacial score (nSPS) is 10.1. The summed E-state index contributed by atoms with van der Waals surface area (Å²) in [5.74, 6) is -0.712. The van der Waals surface area contributed by atoms with Crippen LogP contribution < -0.4 is 15.7 Å². The van der Waals surface area contributed by atoms with Gasteiger partial charge in [-0.2, -0.15) is 0 Å². The second-order valence-corrected chi connectivity index (χ2v) is 4.79. The summed E-state index contributed by atoms with van der Waals surface area (Å²) in [6.07, 6.45) is 0. The highest BCUT2D eigenvalue weighted by Crippen LogP contribution is 2.19. The maximum Gasteiger partial charge on any atom is 0.359 e. The van der Waals surface area contributed by atoms with E-state index >= 15 is 0 Å². The van der Waals surface area contributed by atoms with Crippen LogP contribution in [0.1, 0.15) is 33.4 Å². The quantitative estimate of drug-likeness (QED) is 0.845. The molecular weight excluding hydrogens is 314 g/mol. The van der Waals surface area contributed by atoms with Gasteiger partial charge in [-0.1, -0.05) is 12.1 Å². The highest BCUT2D eigenvalue weighted by Gasteiger charge is 2.19. The third kappa shape index (κ3) is 3.62. The molecule has 0 bridgehead atoms. The van der Waals surface area contributed by atoms with Gasteiger partial charge in [-0.25, -0.2) is 9.59 Å². The van der Waals surface area contributed by atoms with E-state index in [9.17, 15) is 14.4 Å². The number of nitrogens with one attached hydrogen (secondary N) is 1. The Hall–Kier alpha value is -3.09. The fourth-order valence-corrected chi connectivity index (χ4v) is 2.07. The van der Waals surface area contributed by atoms with Gasteiger partial charge in [-0.3, -0.25) is 4.79 Å². The molecule has 1 aromatic heterocycles. The zero-order chi connectivity index (χ0) is 17.7. The summed E-state index contributed by atoms with van der Waals surface area (Å²) in [7, 11) is 1.44. The first-order valence-electron chi connectivity index (χ1n) is 7.24. The molecule has 1 N–H and O–H groups in total. The molecule has 1 aromatic carbocycles. The molecule has 7 heteroatoms. The molecule has 0 aliphatic carbocycles. The highest BCUT2D eigenvalue weighted by atomic mass is 16.5. The molecule has 1 heterocycles. The first-order valence-corrected chi connectivity index (χ1v) is 7.24. The van der Waals surface area contributed by atoms with Crippen molar-refractivity contribution in [2.45, 2.75) is 13.8 Å². The number of hydrogen-bond donors (Lipinski definition) is 1. The van der Waals surface area contributed by atoms with Gasteiger partial charge < -0.3 is 19.2 Å². The number of carbonyl (C=O) groups excluding carboxylic acids is 2. The van der Waals surface area contributed by atoms with E-state index in [1.54, 1.807) is 31.2 Å². The summed E-state index contributed by atoms with van der Waals surface area (Å²) in [5, 5.41) is 2.43. The van der Waals surface area contributed by atoms with E-state index < -0.39 is 17.5 Å². The molecule has 126 valence electrons. The summed E-state index contributed by atoms with van der Waals surface area (Å²) >= 11 is 0. The van der Waals surface area contributed by atoms with Crippen LogP contribution in [-0.2, 0) is 4.74 Å². The van der Waals surface area contributed by atoms with Gasteiger partial charge in [0.05, 0.1) is 19.3 Å². The molecular formula is C17H17NO6.